The molecule has 0 aromatic carbocycles. The number of nitrogens with one attached hydrogen (secondary N) is 2. The summed E-state index contributed by atoms with van der Waals surface area (Å²) in [6.07, 6.45) is 7.16. The Kier molecular flexibility index (Phi) is 4.65. The van der Waals surface area contributed by atoms with Gasteiger partial charge in [0.25, 0.3) is 0 Å². The molecule has 2 aliphatic rings. The summed E-state index contributed by atoms with van der Waals surface area (Å²) in [7, 11) is 0. The quantitative estimate of drug-likeness (QED) is 0.749. The molecule has 2 N–H and O–H groups in total. The van der Waals surface area contributed by atoms with Crippen molar-refractivity contribution in [2.24, 2.45) is 11.8 Å². The first kappa shape index (κ1) is 16.3. The van der Waals surface area contributed by atoms with Gasteiger partial charge in [0.2, 0.25) is 5.91 Å². The van der Waals surface area contributed by atoms with Gasteiger partial charge < -0.3 is 10.6 Å². The van der Waals surface area contributed by atoms with E-state index >= 15 is 0 Å². The van der Waals surface area contributed by atoms with Crippen LogP contribution in [0.5, 0.6) is 0 Å². The SMILES string of the molecule is C#CC(CC)(CC)NC(=O)CN1CC2CNCC2C1(C)C. The van der Waals surface area contributed by atoms with Crippen LogP contribution in [0.25, 0.3) is 0 Å². The standard InChI is InChI=1S/C17H29N3O/c1-6-17(7-2,8-3)19-15(21)12-20-11-13-9-18-10-14(13)16(20,4)5/h1,13-14,18H,7-12H2,2-5H3,(H,19,21). The minimum atomic E-state index is -0.488. The van der Waals surface area contributed by atoms with E-state index < -0.39 is 5.54 Å². The van der Waals surface area contributed by atoms with Gasteiger partial charge in [0, 0.05) is 18.6 Å². The van der Waals surface area contributed by atoms with Gasteiger partial charge in [-0.3, -0.25) is 9.69 Å². The van der Waals surface area contributed by atoms with Crippen LogP contribution in [0.4, 0.5) is 0 Å². The number of hydrogen-bond acceptors (Lipinski definition) is 3. The number of hydrogen-bond donors (Lipinski definition) is 2. The van der Waals surface area contributed by atoms with E-state index in [-0.39, 0.29) is 11.4 Å². The second-order valence-corrected chi connectivity index (χ2v) is 7.04. The Balaban J connectivity index is 1.99. The van der Waals surface area contributed by atoms with Crippen molar-refractivity contribution >= 4 is 5.91 Å². The van der Waals surface area contributed by atoms with Crippen molar-refractivity contribution in [3.63, 3.8) is 0 Å². The van der Waals surface area contributed by atoms with Crippen LogP contribution in [-0.4, -0.2) is 48.1 Å². The molecule has 2 fully saturated rings. The first-order chi connectivity index (χ1) is 9.88. The number of rotatable bonds is 5. The van der Waals surface area contributed by atoms with Crippen molar-refractivity contribution in [1.29, 1.82) is 0 Å². The zero-order chi connectivity index (χ0) is 15.7. The predicted octanol–water partition coefficient (Wildman–Crippen LogP) is 1.22. The van der Waals surface area contributed by atoms with Crippen LogP contribution in [0.3, 0.4) is 0 Å². The Morgan fingerprint density at radius 2 is 2.10 bits per heavy atom. The summed E-state index contributed by atoms with van der Waals surface area (Å²) in [6, 6.07) is 0. The van der Waals surface area contributed by atoms with Gasteiger partial charge in [0.05, 0.1) is 6.54 Å². The average Bonchev–Trinajstić information content (AvgIpc) is 3.00. The van der Waals surface area contributed by atoms with Crippen molar-refractivity contribution in [1.82, 2.24) is 15.5 Å². The lowest BCUT2D eigenvalue weighted by Crippen LogP contribution is -2.53. The van der Waals surface area contributed by atoms with Crippen LogP contribution in [0.15, 0.2) is 0 Å². The lowest BCUT2D eigenvalue weighted by atomic mass is 9.85. The van der Waals surface area contributed by atoms with Gasteiger partial charge in [-0.25, -0.2) is 0 Å². The van der Waals surface area contributed by atoms with Crippen molar-refractivity contribution in [2.75, 3.05) is 26.2 Å². The predicted molar refractivity (Wildman–Crippen MR) is 85.8 cm³/mol. The van der Waals surface area contributed by atoms with E-state index in [1.165, 1.54) is 0 Å². The zero-order valence-corrected chi connectivity index (χ0v) is 13.8. The maximum Gasteiger partial charge on any atom is 0.235 e. The van der Waals surface area contributed by atoms with Crippen molar-refractivity contribution in [3.05, 3.63) is 0 Å². The van der Waals surface area contributed by atoms with E-state index in [4.69, 9.17) is 6.42 Å². The van der Waals surface area contributed by atoms with Gasteiger partial charge in [-0.15, -0.1) is 6.42 Å². The summed E-state index contributed by atoms with van der Waals surface area (Å²) >= 11 is 0. The lowest BCUT2D eigenvalue weighted by Gasteiger charge is -2.36. The third kappa shape index (κ3) is 2.95. The molecule has 4 heteroatoms. The molecule has 0 radical (unpaired) electrons. The minimum Gasteiger partial charge on any atom is -0.339 e. The molecule has 2 rings (SSSR count). The van der Waals surface area contributed by atoms with E-state index in [1.807, 2.05) is 13.8 Å². The Morgan fingerprint density at radius 3 is 2.62 bits per heavy atom. The molecule has 0 aromatic heterocycles. The average molecular weight is 291 g/mol. The fourth-order valence-corrected chi connectivity index (χ4v) is 3.92. The third-order valence-corrected chi connectivity index (χ3v) is 5.71. The van der Waals surface area contributed by atoms with Gasteiger partial charge in [-0.1, -0.05) is 19.8 Å². The Hall–Kier alpha value is -1.05. The molecule has 21 heavy (non-hydrogen) atoms. The summed E-state index contributed by atoms with van der Waals surface area (Å²) in [5, 5.41) is 6.54. The third-order valence-electron chi connectivity index (χ3n) is 5.71. The molecule has 1 amide bonds. The van der Waals surface area contributed by atoms with E-state index in [0.717, 1.165) is 32.5 Å². The highest BCUT2D eigenvalue weighted by Crippen LogP contribution is 2.40. The van der Waals surface area contributed by atoms with E-state index in [0.29, 0.717) is 18.4 Å². The summed E-state index contributed by atoms with van der Waals surface area (Å²) in [5.74, 6) is 4.13. The van der Waals surface area contributed by atoms with Crippen molar-refractivity contribution in [3.8, 4) is 12.3 Å². The molecule has 4 nitrogen and oxygen atoms in total. The van der Waals surface area contributed by atoms with Crippen LogP contribution in [0.1, 0.15) is 40.5 Å². The van der Waals surface area contributed by atoms with Crippen LogP contribution >= 0.6 is 0 Å². The summed E-state index contributed by atoms with van der Waals surface area (Å²) < 4.78 is 0. The number of fused-ring (bicyclic) bond motifs is 1. The molecule has 118 valence electrons. The molecule has 2 heterocycles. The van der Waals surface area contributed by atoms with Gasteiger partial charge in [-0.2, -0.15) is 0 Å². The molecular formula is C17H29N3O. The number of terminal acetylenes is 1. The fourth-order valence-electron chi connectivity index (χ4n) is 3.92. The first-order valence-corrected chi connectivity index (χ1v) is 8.13. The number of nitrogens with zero attached hydrogens (tertiary/aromatic N) is 1. The van der Waals surface area contributed by atoms with Crippen molar-refractivity contribution in [2.45, 2.75) is 51.6 Å². The van der Waals surface area contributed by atoms with Crippen LogP contribution in [-0.2, 0) is 4.79 Å². The van der Waals surface area contributed by atoms with E-state index in [1.54, 1.807) is 0 Å². The maximum absolute atomic E-state index is 12.4. The highest BCUT2D eigenvalue weighted by molar-refractivity contribution is 5.79. The number of carbonyl (C=O) groups excluding carboxylic acids is 1. The smallest absolute Gasteiger partial charge is 0.235 e. The van der Waals surface area contributed by atoms with Crippen LogP contribution in [0.2, 0.25) is 0 Å². The Morgan fingerprint density at radius 1 is 1.43 bits per heavy atom. The topological polar surface area (TPSA) is 44.4 Å². The second kappa shape index (κ2) is 5.98. The highest BCUT2D eigenvalue weighted by atomic mass is 16.2. The Bertz CT molecular complexity index is 434. The number of likely N-dealkylation sites (tertiary alicyclic amines) is 1. The molecule has 2 saturated heterocycles. The van der Waals surface area contributed by atoms with Crippen LogP contribution < -0.4 is 10.6 Å². The first-order valence-electron chi connectivity index (χ1n) is 8.13. The van der Waals surface area contributed by atoms with Gasteiger partial charge in [0.1, 0.15) is 5.54 Å². The van der Waals surface area contributed by atoms with E-state index in [2.05, 4.69) is 35.3 Å². The van der Waals surface area contributed by atoms with E-state index in [9.17, 15) is 4.79 Å². The van der Waals surface area contributed by atoms with Gasteiger partial charge >= 0.3 is 0 Å². The summed E-state index contributed by atoms with van der Waals surface area (Å²) in [6.45, 7) is 12.2. The molecular weight excluding hydrogens is 262 g/mol. The monoisotopic (exact) mass is 291 g/mol. The fraction of sp³-hybridized carbons (Fsp3) is 0.824. The second-order valence-electron chi connectivity index (χ2n) is 7.04. The molecule has 2 aliphatic heterocycles. The molecule has 0 aromatic rings. The molecule has 2 atom stereocenters. The maximum atomic E-state index is 12.4. The normalized spacial score (nSPS) is 28.1. The number of amides is 1. The largest absolute Gasteiger partial charge is 0.339 e. The molecule has 2 unspecified atom stereocenters. The number of carbonyl (C=O) groups is 1. The minimum absolute atomic E-state index is 0.0534. The lowest BCUT2D eigenvalue weighted by molar-refractivity contribution is -0.124. The Labute approximate surface area is 129 Å². The van der Waals surface area contributed by atoms with Crippen molar-refractivity contribution < 1.29 is 4.79 Å². The van der Waals surface area contributed by atoms with Crippen LogP contribution in [0, 0.1) is 24.2 Å². The highest BCUT2D eigenvalue weighted by Gasteiger charge is 2.49. The summed E-state index contributed by atoms with van der Waals surface area (Å²) in [4.78, 5) is 14.8. The molecule has 0 bridgehead atoms. The zero-order valence-electron chi connectivity index (χ0n) is 13.8. The van der Waals surface area contributed by atoms with Gasteiger partial charge in [-0.05, 0) is 45.1 Å². The molecule has 0 spiro atoms. The molecule has 0 saturated carbocycles. The van der Waals surface area contributed by atoms with Gasteiger partial charge in [0.15, 0.2) is 0 Å². The molecule has 0 aliphatic carbocycles. The summed E-state index contributed by atoms with van der Waals surface area (Å²) in [5.41, 5.74) is -0.416.